The summed E-state index contributed by atoms with van der Waals surface area (Å²) in [6.07, 6.45) is 0. The molecule has 0 spiro atoms. The SMILES string of the molecule is Nc1noc2ccc(C#CCS)cc12. The minimum absolute atomic E-state index is 0.398. The number of fused-ring (bicyclic) bond motifs is 1. The maximum absolute atomic E-state index is 5.61. The van der Waals surface area contributed by atoms with E-state index in [0.29, 0.717) is 17.2 Å². The van der Waals surface area contributed by atoms with Gasteiger partial charge in [0.05, 0.1) is 11.1 Å². The van der Waals surface area contributed by atoms with Crippen LogP contribution in [-0.4, -0.2) is 10.9 Å². The molecule has 3 nitrogen and oxygen atoms in total. The minimum atomic E-state index is 0.398. The molecule has 1 aromatic heterocycles. The van der Waals surface area contributed by atoms with E-state index in [-0.39, 0.29) is 0 Å². The molecule has 0 saturated carbocycles. The lowest BCUT2D eigenvalue weighted by Gasteiger charge is -1.89. The van der Waals surface area contributed by atoms with Crippen molar-refractivity contribution in [2.75, 3.05) is 11.5 Å². The molecule has 0 aliphatic rings. The summed E-state index contributed by atoms with van der Waals surface area (Å²) in [6.45, 7) is 0. The van der Waals surface area contributed by atoms with Gasteiger partial charge in [0.1, 0.15) is 0 Å². The highest BCUT2D eigenvalue weighted by molar-refractivity contribution is 7.80. The number of aromatic nitrogens is 1. The molecule has 0 atom stereocenters. The second-order valence-electron chi connectivity index (χ2n) is 2.74. The molecule has 70 valence electrons. The smallest absolute Gasteiger partial charge is 0.174 e. The predicted molar refractivity (Wildman–Crippen MR) is 59.2 cm³/mol. The highest BCUT2D eigenvalue weighted by Crippen LogP contribution is 2.20. The molecule has 1 aromatic carbocycles. The van der Waals surface area contributed by atoms with Crippen LogP contribution in [0.25, 0.3) is 11.0 Å². The molecule has 0 unspecified atom stereocenters. The van der Waals surface area contributed by atoms with Crippen molar-refractivity contribution in [3.8, 4) is 11.8 Å². The Balaban J connectivity index is 2.54. The van der Waals surface area contributed by atoms with Gasteiger partial charge < -0.3 is 10.3 Å². The Hall–Kier alpha value is -1.60. The Bertz CT molecular complexity index is 522. The summed E-state index contributed by atoms with van der Waals surface area (Å²) in [7, 11) is 0. The minimum Gasteiger partial charge on any atom is -0.380 e. The summed E-state index contributed by atoms with van der Waals surface area (Å²) in [6, 6.07) is 5.53. The fourth-order valence-corrected chi connectivity index (χ4v) is 1.26. The number of hydrogen-bond acceptors (Lipinski definition) is 4. The van der Waals surface area contributed by atoms with Gasteiger partial charge in [-0.15, -0.1) is 0 Å². The second-order valence-corrected chi connectivity index (χ2v) is 3.05. The van der Waals surface area contributed by atoms with Gasteiger partial charge in [0, 0.05) is 5.56 Å². The fraction of sp³-hybridized carbons (Fsp3) is 0.100. The number of anilines is 1. The Morgan fingerprint density at radius 2 is 2.36 bits per heavy atom. The number of nitrogens with two attached hydrogens (primary N) is 1. The predicted octanol–water partition coefficient (Wildman–Crippen LogP) is 1.69. The van der Waals surface area contributed by atoms with Crippen LogP contribution in [0.5, 0.6) is 0 Å². The summed E-state index contributed by atoms with van der Waals surface area (Å²) >= 11 is 4.00. The van der Waals surface area contributed by atoms with Crippen molar-refractivity contribution in [1.82, 2.24) is 5.16 Å². The molecule has 0 bridgehead atoms. The zero-order chi connectivity index (χ0) is 9.97. The number of thiol groups is 1. The van der Waals surface area contributed by atoms with Crippen molar-refractivity contribution in [3.63, 3.8) is 0 Å². The number of nitrogen functional groups attached to an aromatic ring is 1. The van der Waals surface area contributed by atoms with Crippen LogP contribution in [0.15, 0.2) is 22.7 Å². The molecule has 2 rings (SSSR count). The first kappa shape index (κ1) is 8.97. The average Bonchev–Trinajstić information content (AvgIpc) is 2.57. The third-order valence-corrected chi connectivity index (χ3v) is 1.97. The van der Waals surface area contributed by atoms with E-state index in [1.165, 1.54) is 0 Å². The number of nitrogens with zero attached hydrogens (tertiary/aromatic N) is 1. The second kappa shape index (κ2) is 3.64. The fourth-order valence-electron chi connectivity index (χ4n) is 1.18. The largest absolute Gasteiger partial charge is 0.380 e. The third-order valence-electron chi connectivity index (χ3n) is 1.81. The lowest BCUT2D eigenvalue weighted by molar-refractivity contribution is 0.460. The molecule has 2 aromatic rings. The van der Waals surface area contributed by atoms with Crippen LogP contribution in [-0.2, 0) is 0 Å². The van der Waals surface area contributed by atoms with Gasteiger partial charge >= 0.3 is 0 Å². The van der Waals surface area contributed by atoms with Gasteiger partial charge in [0.25, 0.3) is 0 Å². The monoisotopic (exact) mass is 204 g/mol. The lowest BCUT2D eigenvalue weighted by Crippen LogP contribution is -1.83. The first-order valence-electron chi connectivity index (χ1n) is 4.06. The van der Waals surface area contributed by atoms with Gasteiger partial charge in [-0.2, -0.15) is 12.6 Å². The van der Waals surface area contributed by atoms with Crippen molar-refractivity contribution < 1.29 is 4.52 Å². The molecule has 0 aliphatic carbocycles. The molecular weight excluding hydrogens is 196 g/mol. The van der Waals surface area contributed by atoms with Gasteiger partial charge in [-0.25, -0.2) is 0 Å². The molecule has 0 fully saturated rings. The van der Waals surface area contributed by atoms with E-state index in [1.807, 2.05) is 12.1 Å². The average molecular weight is 204 g/mol. The summed E-state index contributed by atoms with van der Waals surface area (Å²) in [4.78, 5) is 0. The first-order chi connectivity index (χ1) is 6.81. The van der Waals surface area contributed by atoms with Crippen molar-refractivity contribution >= 4 is 29.4 Å². The number of hydrogen-bond donors (Lipinski definition) is 2. The molecule has 0 amide bonds. The van der Waals surface area contributed by atoms with Gasteiger partial charge in [0.2, 0.25) is 0 Å². The zero-order valence-corrected chi connectivity index (χ0v) is 8.21. The van der Waals surface area contributed by atoms with Gasteiger partial charge in [-0.05, 0) is 18.2 Å². The quantitative estimate of drug-likeness (QED) is 0.507. The molecule has 14 heavy (non-hydrogen) atoms. The van der Waals surface area contributed by atoms with Crippen molar-refractivity contribution in [3.05, 3.63) is 23.8 Å². The van der Waals surface area contributed by atoms with Crippen LogP contribution >= 0.6 is 12.6 Å². The van der Waals surface area contributed by atoms with Crippen molar-refractivity contribution in [2.24, 2.45) is 0 Å². The molecule has 4 heteroatoms. The third kappa shape index (κ3) is 1.54. The lowest BCUT2D eigenvalue weighted by atomic mass is 10.1. The van der Waals surface area contributed by atoms with Crippen LogP contribution in [0, 0.1) is 11.8 Å². The van der Waals surface area contributed by atoms with Crippen LogP contribution in [0.4, 0.5) is 5.82 Å². The van der Waals surface area contributed by atoms with Gasteiger partial charge in [0.15, 0.2) is 11.4 Å². The normalized spacial score (nSPS) is 9.79. The summed E-state index contributed by atoms with van der Waals surface area (Å²) in [5.41, 5.74) is 7.18. The highest BCUT2D eigenvalue weighted by Gasteiger charge is 2.03. The number of benzene rings is 1. The first-order valence-corrected chi connectivity index (χ1v) is 4.69. The van der Waals surface area contributed by atoms with Crippen LogP contribution in [0.2, 0.25) is 0 Å². The van der Waals surface area contributed by atoms with E-state index in [9.17, 15) is 0 Å². The van der Waals surface area contributed by atoms with E-state index in [4.69, 9.17) is 10.3 Å². The summed E-state index contributed by atoms with van der Waals surface area (Å²) in [5, 5.41) is 4.46. The standard InChI is InChI=1S/C10H8N2OS/c11-10-8-6-7(2-1-5-14)3-4-9(8)13-12-10/h3-4,6,14H,5H2,(H2,11,12). The van der Waals surface area contributed by atoms with Gasteiger partial charge in [-0.1, -0.05) is 17.0 Å². The summed E-state index contributed by atoms with van der Waals surface area (Å²) in [5.74, 6) is 6.75. The Morgan fingerprint density at radius 1 is 1.50 bits per heavy atom. The van der Waals surface area contributed by atoms with Crippen LogP contribution in [0.1, 0.15) is 5.56 Å². The molecule has 0 aliphatic heterocycles. The zero-order valence-electron chi connectivity index (χ0n) is 7.32. The van der Waals surface area contributed by atoms with Crippen LogP contribution in [0.3, 0.4) is 0 Å². The number of rotatable bonds is 0. The van der Waals surface area contributed by atoms with E-state index in [1.54, 1.807) is 6.07 Å². The highest BCUT2D eigenvalue weighted by atomic mass is 32.1. The molecule has 0 saturated heterocycles. The van der Waals surface area contributed by atoms with Crippen molar-refractivity contribution in [1.29, 1.82) is 0 Å². The molecule has 0 radical (unpaired) electrons. The van der Waals surface area contributed by atoms with Gasteiger partial charge in [-0.3, -0.25) is 0 Å². The van der Waals surface area contributed by atoms with E-state index >= 15 is 0 Å². The molecule has 2 N–H and O–H groups in total. The molecule has 1 heterocycles. The maximum Gasteiger partial charge on any atom is 0.174 e. The molecular formula is C10H8N2OS. The Labute approximate surface area is 86.7 Å². The van der Waals surface area contributed by atoms with Crippen molar-refractivity contribution in [2.45, 2.75) is 0 Å². The van der Waals surface area contributed by atoms with E-state index < -0.39 is 0 Å². The maximum atomic E-state index is 5.61. The summed E-state index contributed by atoms with van der Waals surface area (Å²) < 4.78 is 4.97. The van der Waals surface area contributed by atoms with Crippen LogP contribution < -0.4 is 5.73 Å². The Kier molecular flexibility index (Phi) is 2.33. The van der Waals surface area contributed by atoms with E-state index in [2.05, 4.69) is 29.6 Å². The Morgan fingerprint density at radius 3 is 3.14 bits per heavy atom. The topological polar surface area (TPSA) is 52.0 Å². The van der Waals surface area contributed by atoms with E-state index in [0.717, 1.165) is 10.9 Å².